The summed E-state index contributed by atoms with van der Waals surface area (Å²) in [7, 11) is 0. The van der Waals surface area contributed by atoms with Crippen molar-refractivity contribution in [3.05, 3.63) is 21.3 Å². The van der Waals surface area contributed by atoms with E-state index in [9.17, 15) is 4.79 Å². The Morgan fingerprint density at radius 3 is 3.06 bits per heavy atom. The molecule has 0 aliphatic carbocycles. The molecule has 1 amide bonds. The predicted octanol–water partition coefficient (Wildman–Crippen LogP) is 2.06. The summed E-state index contributed by atoms with van der Waals surface area (Å²) < 4.78 is 0.804. The topological polar surface area (TPSA) is 41.1 Å². The van der Waals surface area contributed by atoms with Crippen molar-refractivity contribution in [1.29, 1.82) is 0 Å². The number of hydrogen-bond acceptors (Lipinski definition) is 3. The van der Waals surface area contributed by atoms with Crippen molar-refractivity contribution >= 4 is 28.8 Å². The molecule has 1 aromatic rings. The number of amides is 1. The van der Waals surface area contributed by atoms with E-state index in [1.54, 1.807) is 11.3 Å². The predicted molar refractivity (Wildman–Crippen MR) is 71.6 cm³/mol. The Kier molecular flexibility index (Phi) is 4.07. The molecule has 2 N–H and O–H groups in total. The number of nitrogens with one attached hydrogen (secondary N) is 2. The molecule has 0 bridgehead atoms. The van der Waals surface area contributed by atoms with E-state index in [1.165, 1.54) is 4.88 Å². The molecule has 5 heteroatoms. The molecule has 1 saturated heterocycles. The van der Waals surface area contributed by atoms with Gasteiger partial charge in [-0.1, -0.05) is 11.6 Å². The van der Waals surface area contributed by atoms with Crippen LogP contribution in [-0.2, 0) is 11.2 Å². The Labute approximate surface area is 111 Å². The molecule has 1 aromatic heterocycles. The van der Waals surface area contributed by atoms with Gasteiger partial charge < -0.3 is 10.6 Å². The molecule has 1 fully saturated rings. The highest BCUT2D eigenvalue weighted by Crippen LogP contribution is 2.24. The molecular weight excluding hydrogens is 256 g/mol. The Bertz CT molecular complexity index is 399. The highest BCUT2D eigenvalue weighted by molar-refractivity contribution is 7.16. The summed E-state index contributed by atoms with van der Waals surface area (Å²) in [6.45, 7) is 4.42. The summed E-state index contributed by atoms with van der Waals surface area (Å²) in [6, 6.07) is 3.91. The van der Waals surface area contributed by atoms with Crippen LogP contribution in [0.3, 0.4) is 0 Å². The summed E-state index contributed by atoms with van der Waals surface area (Å²) in [5, 5.41) is 6.24. The van der Waals surface area contributed by atoms with Gasteiger partial charge in [0.25, 0.3) is 0 Å². The van der Waals surface area contributed by atoms with Gasteiger partial charge in [0.1, 0.15) is 0 Å². The third-order valence-corrected chi connectivity index (χ3v) is 4.49. The monoisotopic (exact) mass is 272 g/mol. The number of carbonyl (C=O) groups is 1. The second-order valence-electron chi connectivity index (χ2n) is 4.70. The zero-order chi connectivity index (χ0) is 12.3. The number of carbonyl (C=O) groups excluding carboxylic acids is 1. The van der Waals surface area contributed by atoms with E-state index in [4.69, 9.17) is 11.6 Å². The van der Waals surface area contributed by atoms with E-state index >= 15 is 0 Å². The van der Waals surface area contributed by atoms with Crippen LogP contribution in [0.1, 0.15) is 18.2 Å². The largest absolute Gasteiger partial charge is 0.355 e. The van der Waals surface area contributed by atoms with Crippen LogP contribution in [0.4, 0.5) is 0 Å². The first kappa shape index (κ1) is 12.9. The average molecular weight is 273 g/mol. The van der Waals surface area contributed by atoms with Gasteiger partial charge in [0.15, 0.2) is 0 Å². The highest BCUT2D eigenvalue weighted by atomic mass is 35.5. The van der Waals surface area contributed by atoms with Gasteiger partial charge in [-0.2, -0.15) is 0 Å². The van der Waals surface area contributed by atoms with Crippen molar-refractivity contribution in [2.24, 2.45) is 5.41 Å². The van der Waals surface area contributed by atoms with E-state index in [0.717, 1.165) is 30.3 Å². The molecule has 1 aliphatic heterocycles. The summed E-state index contributed by atoms with van der Waals surface area (Å²) >= 11 is 7.42. The molecule has 1 aliphatic rings. The van der Waals surface area contributed by atoms with E-state index < -0.39 is 0 Å². The molecule has 1 atom stereocenters. The van der Waals surface area contributed by atoms with Crippen molar-refractivity contribution in [2.75, 3.05) is 19.6 Å². The number of halogens is 1. The van der Waals surface area contributed by atoms with Crippen LogP contribution in [0.5, 0.6) is 0 Å². The van der Waals surface area contributed by atoms with Crippen molar-refractivity contribution in [3.8, 4) is 0 Å². The van der Waals surface area contributed by atoms with Crippen LogP contribution in [0.25, 0.3) is 0 Å². The molecule has 0 spiro atoms. The van der Waals surface area contributed by atoms with Gasteiger partial charge in [-0.05, 0) is 38.4 Å². The Hall–Kier alpha value is -0.580. The third-order valence-electron chi connectivity index (χ3n) is 3.20. The number of hydrogen-bond donors (Lipinski definition) is 2. The van der Waals surface area contributed by atoms with E-state index in [1.807, 2.05) is 19.1 Å². The molecule has 17 heavy (non-hydrogen) atoms. The minimum absolute atomic E-state index is 0.158. The van der Waals surface area contributed by atoms with Crippen molar-refractivity contribution in [3.63, 3.8) is 0 Å². The van der Waals surface area contributed by atoms with Gasteiger partial charge in [-0.15, -0.1) is 11.3 Å². The van der Waals surface area contributed by atoms with E-state index in [0.29, 0.717) is 6.54 Å². The van der Waals surface area contributed by atoms with E-state index in [-0.39, 0.29) is 11.3 Å². The number of rotatable bonds is 4. The lowest BCUT2D eigenvalue weighted by Gasteiger charge is -2.21. The van der Waals surface area contributed by atoms with Crippen LogP contribution in [-0.4, -0.2) is 25.5 Å². The van der Waals surface area contributed by atoms with Gasteiger partial charge in [0.05, 0.1) is 9.75 Å². The molecule has 2 rings (SSSR count). The van der Waals surface area contributed by atoms with Gasteiger partial charge in [0.2, 0.25) is 5.91 Å². The smallest absolute Gasteiger partial charge is 0.227 e. The molecule has 3 nitrogen and oxygen atoms in total. The fraction of sp³-hybridized carbons (Fsp3) is 0.583. The molecule has 94 valence electrons. The standard InChI is InChI=1S/C12H17ClN2OS/c1-12(5-7-14-8-12)11(16)15-6-4-9-2-3-10(13)17-9/h2-3,14H,4-8H2,1H3,(H,15,16). The molecule has 1 unspecified atom stereocenters. The maximum Gasteiger partial charge on any atom is 0.227 e. The van der Waals surface area contributed by atoms with Crippen LogP contribution < -0.4 is 10.6 Å². The van der Waals surface area contributed by atoms with Crippen LogP contribution in [0.2, 0.25) is 4.34 Å². The lowest BCUT2D eigenvalue weighted by Crippen LogP contribution is -2.41. The summed E-state index contributed by atoms with van der Waals surface area (Å²) in [4.78, 5) is 13.2. The normalized spacial score (nSPS) is 23.9. The maximum absolute atomic E-state index is 12.0. The minimum atomic E-state index is -0.229. The highest BCUT2D eigenvalue weighted by Gasteiger charge is 2.35. The van der Waals surface area contributed by atoms with Gasteiger partial charge in [0, 0.05) is 18.0 Å². The quantitative estimate of drug-likeness (QED) is 0.881. The zero-order valence-corrected chi connectivity index (χ0v) is 11.5. The Balaban J connectivity index is 1.77. The first-order chi connectivity index (χ1) is 8.10. The van der Waals surface area contributed by atoms with Crippen LogP contribution >= 0.6 is 22.9 Å². The summed E-state index contributed by atoms with van der Waals surface area (Å²) in [5.74, 6) is 0.158. The molecule has 0 radical (unpaired) electrons. The van der Waals surface area contributed by atoms with Crippen molar-refractivity contribution in [1.82, 2.24) is 10.6 Å². The van der Waals surface area contributed by atoms with Gasteiger partial charge in [-0.3, -0.25) is 4.79 Å². The molecular formula is C12H17ClN2OS. The van der Waals surface area contributed by atoms with Crippen molar-refractivity contribution < 1.29 is 4.79 Å². The zero-order valence-electron chi connectivity index (χ0n) is 9.88. The van der Waals surface area contributed by atoms with Crippen LogP contribution in [0, 0.1) is 5.41 Å². The van der Waals surface area contributed by atoms with Gasteiger partial charge >= 0.3 is 0 Å². The second-order valence-corrected chi connectivity index (χ2v) is 6.50. The SMILES string of the molecule is CC1(C(=O)NCCc2ccc(Cl)s2)CCNC1. The van der Waals surface area contributed by atoms with Crippen LogP contribution in [0.15, 0.2) is 12.1 Å². The molecule has 0 saturated carbocycles. The molecule has 2 heterocycles. The summed E-state index contributed by atoms with van der Waals surface area (Å²) in [6.07, 6.45) is 1.77. The van der Waals surface area contributed by atoms with E-state index in [2.05, 4.69) is 10.6 Å². The average Bonchev–Trinajstić information content (AvgIpc) is 2.89. The fourth-order valence-corrected chi connectivity index (χ4v) is 3.10. The summed E-state index contributed by atoms with van der Waals surface area (Å²) in [5.41, 5.74) is -0.229. The molecule has 0 aromatic carbocycles. The first-order valence-electron chi connectivity index (χ1n) is 5.83. The minimum Gasteiger partial charge on any atom is -0.355 e. The maximum atomic E-state index is 12.0. The Morgan fingerprint density at radius 2 is 2.47 bits per heavy atom. The lowest BCUT2D eigenvalue weighted by atomic mass is 9.89. The number of thiophene rings is 1. The second kappa shape index (κ2) is 5.38. The third kappa shape index (κ3) is 3.21. The fourth-order valence-electron chi connectivity index (χ4n) is 2.01. The lowest BCUT2D eigenvalue weighted by molar-refractivity contribution is -0.129. The Morgan fingerprint density at radius 1 is 1.65 bits per heavy atom. The first-order valence-corrected chi connectivity index (χ1v) is 7.03. The van der Waals surface area contributed by atoms with Gasteiger partial charge in [-0.25, -0.2) is 0 Å². The van der Waals surface area contributed by atoms with Crippen molar-refractivity contribution in [2.45, 2.75) is 19.8 Å².